The molecule has 1 unspecified atom stereocenters. The Kier molecular flexibility index (Phi) is 7.12. The normalized spacial score (nSPS) is 12.1. The highest BCUT2D eigenvalue weighted by atomic mass is 32.2. The zero-order chi connectivity index (χ0) is 21.7. The predicted molar refractivity (Wildman–Crippen MR) is 118 cm³/mol. The van der Waals surface area contributed by atoms with Gasteiger partial charge < -0.3 is 19.4 Å². The fourth-order valence-corrected chi connectivity index (χ4v) is 3.80. The molecule has 30 heavy (non-hydrogen) atoms. The summed E-state index contributed by atoms with van der Waals surface area (Å²) in [5.41, 5.74) is 2.20. The molecule has 0 aliphatic heterocycles. The first-order valence-electron chi connectivity index (χ1n) is 9.49. The smallest absolute Gasteiger partial charge is 0.255 e. The van der Waals surface area contributed by atoms with E-state index in [1.54, 1.807) is 25.5 Å². The van der Waals surface area contributed by atoms with E-state index in [4.69, 9.17) is 9.15 Å². The minimum Gasteiger partial charge on any atom is -0.497 e. The Bertz CT molecular complexity index is 988. The molecule has 3 rings (SSSR count). The van der Waals surface area contributed by atoms with E-state index in [0.29, 0.717) is 34.4 Å². The third-order valence-electron chi connectivity index (χ3n) is 4.80. The van der Waals surface area contributed by atoms with Gasteiger partial charge in [0.1, 0.15) is 10.8 Å². The van der Waals surface area contributed by atoms with E-state index >= 15 is 0 Å². The number of carbonyl (C=O) groups is 1. The molecule has 2 heterocycles. The third-order valence-corrected chi connectivity index (χ3v) is 5.48. The van der Waals surface area contributed by atoms with E-state index < -0.39 is 0 Å². The standard InChI is InChI=1S/C22H26N4O3S/c1-14-19(22(30-5)25-20(24-14)18-7-6-12-29-18)21(27)23-13-17(26(2)3)15-8-10-16(28-4)11-9-15/h6-12,17H,13H2,1-5H3,(H,23,27). The fraction of sp³-hybridized carbons (Fsp3) is 0.318. The number of rotatable bonds is 8. The van der Waals surface area contributed by atoms with Crippen molar-refractivity contribution < 1.29 is 13.9 Å². The Morgan fingerprint density at radius 2 is 1.97 bits per heavy atom. The summed E-state index contributed by atoms with van der Waals surface area (Å²) in [6, 6.07) is 11.5. The van der Waals surface area contributed by atoms with Crippen molar-refractivity contribution in [2.45, 2.75) is 18.0 Å². The van der Waals surface area contributed by atoms with Crippen LogP contribution in [0.1, 0.15) is 27.7 Å². The highest BCUT2D eigenvalue weighted by molar-refractivity contribution is 7.98. The number of carbonyl (C=O) groups excluding carboxylic acids is 1. The van der Waals surface area contributed by atoms with Crippen LogP contribution < -0.4 is 10.1 Å². The van der Waals surface area contributed by atoms with Crippen molar-refractivity contribution in [3.8, 4) is 17.3 Å². The molecule has 0 fully saturated rings. The van der Waals surface area contributed by atoms with Gasteiger partial charge in [0, 0.05) is 6.54 Å². The lowest BCUT2D eigenvalue weighted by atomic mass is 10.1. The van der Waals surface area contributed by atoms with Gasteiger partial charge in [-0.15, -0.1) is 11.8 Å². The molecule has 0 saturated heterocycles. The molecular formula is C22H26N4O3S. The molecule has 158 valence electrons. The average Bonchev–Trinajstić information content (AvgIpc) is 3.28. The first-order valence-corrected chi connectivity index (χ1v) is 10.7. The molecule has 0 radical (unpaired) electrons. The molecule has 0 bridgehead atoms. The maximum Gasteiger partial charge on any atom is 0.255 e. The molecule has 8 heteroatoms. The topological polar surface area (TPSA) is 80.5 Å². The fourth-order valence-electron chi connectivity index (χ4n) is 3.17. The summed E-state index contributed by atoms with van der Waals surface area (Å²) in [5.74, 6) is 1.66. The monoisotopic (exact) mass is 426 g/mol. The molecule has 0 spiro atoms. The van der Waals surface area contributed by atoms with Crippen LogP contribution in [0.25, 0.3) is 11.6 Å². The number of nitrogens with one attached hydrogen (secondary N) is 1. The molecule has 0 saturated carbocycles. The number of methoxy groups -OCH3 is 1. The van der Waals surface area contributed by atoms with E-state index in [9.17, 15) is 4.79 Å². The summed E-state index contributed by atoms with van der Waals surface area (Å²) in [6.07, 6.45) is 3.47. The SMILES string of the molecule is COc1ccc(C(CNC(=O)c2c(C)nc(-c3ccco3)nc2SC)N(C)C)cc1. The molecule has 1 atom stereocenters. The van der Waals surface area contributed by atoms with Crippen molar-refractivity contribution in [2.24, 2.45) is 0 Å². The Hall–Kier alpha value is -2.84. The van der Waals surface area contributed by atoms with E-state index in [1.807, 2.05) is 51.5 Å². The summed E-state index contributed by atoms with van der Waals surface area (Å²) in [5, 5.41) is 3.67. The first-order chi connectivity index (χ1) is 14.4. The van der Waals surface area contributed by atoms with Crippen molar-refractivity contribution in [1.82, 2.24) is 20.2 Å². The van der Waals surface area contributed by atoms with Crippen LogP contribution in [-0.2, 0) is 0 Å². The largest absolute Gasteiger partial charge is 0.497 e. The number of aryl methyl sites for hydroxylation is 1. The molecule has 0 aliphatic rings. The van der Waals surface area contributed by atoms with Crippen LogP contribution >= 0.6 is 11.8 Å². The van der Waals surface area contributed by atoms with E-state index in [1.165, 1.54) is 11.8 Å². The predicted octanol–water partition coefficient (Wildman–Crippen LogP) is 3.81. The lowest BCUT2D eigenvalue weighted by molar-refractivity contribution is 0.0937. The van der Waals surface area contributed by atoms with E-state index in [-0.39, 0.29) is 11.9 Å². The number of ether oxygens (including phenoxy) is 1. The first kappa shape index (κ1) is 21.9. The Balaban J connectivity index is 1.80. The van der Waals surface area contributed by atoms with Gasteiger partial charge in [-0.25, -0.2) is 9.97 Å². The molecule has 3 aromatic rings. The number of benzene rings is 1. The van der Waals surface area contributed by atoms with E-state index in [2.05, 4.69) is 20.2 Å². The minimum absolute atomic E-state index is 0.0150. The molecule has 0 aliphatic carbocycles. The molecule has 1 amide bonds. The summed E-state index contributed by atoms with van der Waals surface area (Å²) in [7, 11) is 5.62. The third kappa shape index (κ3) is 4.83. The molecule has 7 nitrogen and oxygen atoms in total. The lowest BCUT2D eigenvalue weighted by Gasteiger charge is -2.25. The van der Waals surface area contributed by atoms with E-state index in [0.717, 1.165) is 11.3 Å². The van der Waals surface area contributed by atoms with Gasteiger partial charge in [-0.05, 0) is 57.1 Å². The van der Waals surface area contributed by atoms with Gasteiger partial charge >= 0.3 is 0 Å². The van der Waals surface area contributed by atoms with Crippen molar-refractivity contribution in [3.63, 3.8) is 0 Å². The van der Waals surface area contributed by atoms with Gasteiger partial charge in [0.15, 0.2) is 11.6 Å². The van der Waals surface area contributed by atoms with Gasteiger partial charge in [-0.3, -0.25) is 4.79 Å². The maximum absolute atomic E-state index is 13.0. The number of amides is 1. The molecular weight excluding hydrogens is 400 g/mol. The summed E-state index contributed by atoms with van der Waals surface area (Å²) < 4.78 is 10.6. The van der Waals surface area contributed by atoms with Crippen LogP contribution in [-0.4, -0.2) is 54.8 Å². The van der Waals surface area contributed by atoms with Gasteiger partial charge in [-0.1, -0.05) is 12.1 Å². The number of thioether (sulfide) groups is 1. The van der Waals surface area contributed by atoms with Crippen molar-refractivity contribution in [3.05, 3.63) is 59.5 Å². The second-order valence-corrected chi connectivity index (χ2v) is 7.75. The van der Waals surface area contributed by atoms with Gasteiger partial charge in [0.2, 0.25) is 0 Å². The van der Waals surface area contributed by atoms with Crippen LogP contribution in [0, 0.1) is 6.92 Å². The van der Waals surface area contributed by atoms with Crippen LogP contribution in [0.4, 0.5) is 0 Å². The summed E-state index contributed by atoms with van der Waals surface area (Å²) >= 11 is 1.41. The zero-order valence-corrected chi connectivity index (χ0v) is 18.6. The molecule has 2 aromatic heterocycles. The number of furan rings is 1. The zero-order valence-electron chi connectivity index (χ0n) is 17.8. The lowest BCUT2D eigenvalue weighted by Crippen LogP contribution is -2.35. The molecule has 1 aromatic carbocycles. The number of likely N-dealkylation sites (N-methyl/N-ethyl adjacent to an activating group) is 1. The van der Waals surface area contributed by atoms with Crippen molar-refractivity contribution in [2.75, 3.05) is 34.0 Å². The van der Waals surface area contributed by atoms with Gasteiger partial charge in [0.05, 0.1) is 30.7 Å². The quantitative estimate of drug-likeness (QED) is 0.433. The average molecular weight is 427 g/mol. The summed E-state index contributed by atoms with van der Waals surface area (Å²) in [6.45, 7) is 2.26. The maximum atomic E-state index is 13.0. The van der Waals surface area contributed by atoms with Crippen LogP contribution in [0.5, 0.6) is 5.75 Å². The number of hydrogen-bond acceptors (Lipinski definition) is 7. The van der Waals surface area contributed by atoms with Crippen LogP contribution in [0.3, 0.4) is 0 Å². The van der Waals surface area contributed by atoms with Gasteiger partial charge in [-0.2, -0.15) is 0 Å². The van der Waals surface area contributed by atoms with Crippen molar-refractivity contribution >= 4 is 17.7 Å². The second-order valence-electron chi connectivity index (χ2n) is 6.96. The number of aromatic nitrogens is 2. The van der Waals surface area contributed by atoms with Crippen LogP contribution in [0.15, 0.2) is 52.1 Å². The molecule has 1 N–H and O–H groups in total. The Morgan fingerprint density at radius 1 is 1.23 bits per heavy atom. The highest BCUT2D eigenvalue weighted by Gasteiger charge is 2.22. The number of hydrogen-bond donors (Lipinski definition) is 1. The highest BCUT2D eigenvalue weighted by Crippen LogP contribution is 2.26. The van der Waals surface area contributed by atoms with Crippen molar-refractivity contribution in [1.29, 1.82) is 0 Å². The minimum atomic E-state index is -0.191. The second kappa shape index (κ2) is 9.77. The summed E-state index contributed by atoms with van der Waals surface area (Å²) in [4.78, 5) is 24.1. The number of nitrogens with zero attached hydrogens (tertiary/aromatic N) is 3. The van der Waals surface area contributed by atoms with Crippen LogP contribution in [0.2, 0.25) is 0 Å². The Morgan fingerprint density at radius 3 is 2.53 bits per heavy atom. The Labute approximate surface area is 180 Å². The van der Waals surface area contributed by atoms with Gasteiger partial charge in [0.25, 0.3) is 5.91 Å².